The second-order valence-corrected chi connectivity index (χ2v) is 11.7. The summed E-state index contributed by atoms with van der Waals surface area (Å²) >= 11 is 0. The Bertz CT molecular complexity index is 1360. The van der Waals surface area contributed by atoms with E-state index < -0.39 is 10.0 Å². The van der Waals surface area contributed by atoms with Crippen molar-refractivity contribution in [3.8, 4) is 22.8 Å². The van der Waals surface area contributed by atoms with Crippen LogP contribution in [0.15, 0.2) is 65.6 Å². The monoisotopic (exact) mass is 553 g/mol. The molecule has 1 amide bonds. The molecule has 10 nitrogen and oxygen atoms in total. The van der Waals surface area contributed by atoms with Crippen molar-refractivity contribution in [3.05, 3.63) is 60.7 Å². The second kappa shape index (κ2) is 12.4. The molecule has 0 saturated carbocycles. The maximum Gasteiger partial charge on any atom is 0.243 e. The second-order valence-electron chi connectivity index (χ2n) is 9.74. The number of anilines is 1. The summed E-state index contributed by atoms with van der Waals surface area (Å²) in [4.78, 5) is 17.1. The van der Waals surface area contributed by atoms with E-state index in [0.29, 0.717) is 31.9 Å². The number of benzene rings is 2. The summed E-state index contributed by atoms with van der Waals surface area (Å²) in [5.74, 6) is 1.89. The van der Waals surface area contributed by atoms with E-state index in [0.717, 1.165) is 22.8 Å². The van der Waals surface area contributed by atoms with Crippen LogP contribution < -0.4 is 14.4 Å². The number of piperazine rings is 1. The van der Waals surface area contributed by atoms with Gasteiger partial charge in [0.1, 0.15) is 11.5 Å². The molecule has 0 aliphatic carbocycles. The molecule has 1 fully saturated rings. The first kappa shape index (κ1) is 28.3. The summed E-state index contributed by atoms with van der Waals surface area (Å²) in [6.07, 6.45) is 0. The highest BCUT2D eigenvalue weighted by molar-refractivity contribution is 7.89. The van der Waals surface area contributed by atoms with Gasteiger partial charge in [-0.2, -0.15) is 4.31 Å². The molecule has 1 saturated heterocycles. The predicted octanol–water partition coefficient (Wildman–Crippen LogP) is 3.16. The van der Waals surface area contributed by atoms with Crippen LogP contribution in [-0.2, 0) is 14.8 Å². The van der Waals surface area contributed by atoms with Crippen LogP contribution in [0.5, 0.6) is 11.5 Å². The Morgan fingerprint density at radius 2 is 1.62 bits per heavy atom. The number of nitrogens with zero attached hydrogens (tertiary/aromatic N) is 5. The van der Waals surface area contributed by atoms with Crippen molar-refractivity contribution in [3.63, 3.8) is 0 Å². The number of hydrogen-bond acceptors (Lipinski definition) is 8. The number of carbonyl (C=O) groups is 1. The van der Waals surface area contributed by atoms with Gasteiger partial charge in [0.05, 0.1) is 31.4 Å². The summed E-state index contributed by atoms with van der Waals surface area (Å²) in [6.45, 7) is 5.99. The van der Waals surface area contributed by atoms with Gasteiger partial charge in [-0.25, -0.2) is 8.42 Å². The molecule has 1 aliphatic heterocycles. The van der Waals surface area contributed by atoms with Crippen LogP contribution in [0.2, 0.25) is 0 Å². The molecule has 4 rings (SSSR count). The van der Waals surface area contributed by atoms with Gasteiger partial charge in [-0.1, -0.05) is 26.0 Å². The Labute approximate surface area is 230 Å². The van der Waals surface area contributed by atoms with E-state index in [1.54, 1.807) is 24.1 Å². The van der Waals surface area contributed by atoms with Gasteiger partial charge < -0.3 is 19.3 Å². The minimum Gasteiger partial charge on any atom is -0.497 e. The Kier molecular flexibility index (Phi) is 9.03. The molecule has 1 aliphatic rings. The topological polar surface area (TPSA) is 105 Å². The molecular formula is C28H35N5O5S. The maximum atomic E-state index is 13.4. The highest BCUT2D eigenvalue weighted by Crippen LogP contribution is 2.24. The van der Waals surface area contributed by atoms with Gasteiger partial charge in [0.2, 0.25) is 15.9 Å². The summed E-state index contributed by atoms with van der Waals surface area (Å²) in [5.41, 5.74) is 1.66. The molecule has 0 bridgehead atoms. The number of amides is 1. The lowest BCUT2D eigenvalue weighted by Gasteiger charge is -2.36. The third-order valence-electron chi connectivity index (χ3n) is 6.55. The highest BCUT2D eigenvalue weighted by atomic mass is 32.2. The summed E-state index contributed by atoms with van der Waals surface area (Å²) < 4.78 is 38.4. The molecular weight excluding hydrogens is 518 g/mol. The number of carbonyl (C=O) groups excluding carboxylic acids is 1. The lowest BCUT2D eigenvalue weighted by atomic mass is 10.1. The van der Waals surface area contributed by atoms with Gasteiger partial charge in [0.25, 0.3) is 0 Å². The Hall–Kier alpha value is -3.70. The molecule has 11 heteroatoms. The smallest absolute Gasteiger partial charge is 0.243 e. The first-order chi connectivity index (χ1) is 18.7. The zero-order valence-electron chi connectivity index (χ0n) is 22.8. The molecule has 2 aromatic carbocycles. The number of hydrogen-bond donors (Lipinski definition) is 0. The molecule has 3 aromatic rings. The molecule has 0 N–H and O–H groups in total. The van der Waals surface area contributed by atoms with Gasteiger partial charge in [-0.3, -0.25) is 4.79 Å². The van der Waals surface area contributed by atoms with E-state index in [1.807, 2.05) is 50.2 Å². The average Bonchev–Trinajstić information content (AvgIpc) is 2.96. The van der Waals surface area contributed by atoms with E-state index in [-0.39, 0.29) is 29.8 Å². The molecule has 208 valence electrons. The van der Waals surface area contributed by atoms with Gasteiger partial charge in [-0.15, -0.1) is 10.2 Å². The Balaban J connectivity index is 1.38. The molecule has 0 radical (unpaired) electrons. The number of aromatic nitrogens is 2. The van der Waals surface area contributed by atoms with Crippen molar-refractivity contribution < 1.29 is 22.7 Å². The Morgan fingerprint density at radius 1 is 0.923 bits per heavy atom. The van der Waals surface area contributed by atoms with Crippen LogP contribution in [0.25, 0.3) is 11.3 Å². The van der Waals surface area contributed by atoms with Crippen LogP contribution in [0.3, 0.4) is 0 Å². The zero-order chi connectivity index (χ0) is 28.0. The molecule has 0 spiro atoms. The number of ether oxygens (including phenoxy) is 2. The first-order valence-electron chi connectivity index (χ1n) is 12.9. The molecule has 2 heterocycles. The number of rotatable bonds is 10. The number of methoxy groups -OCH3 is 2. The summed E-state index contributed by atoms with van der Waals surface area (Å²) in [7, 11) is -0.697. The van der Waals surface area contributed by atoms with E-state index in [2.05, 4.69) is 15.1 Å². The van der Waals surface area contributed by atoms with E-state index in [9.17, 15) is 13.2 Å². The van der Waals surface area contributed by atoms with E-state index in [1.165, 1.54) is 23.5 Å². The lowest BCUT2D eigenvalue weighted by Crippen LogP contribution is -2.52. The molecule has 0 atom stereocenters. The Morgan fingerprint density at radius 3 is 2.21 bits per heavy atom. The van der Waals surface area contributed by atoms with Crippen LogP contribution in [0.4, 0.5) is 5.82 Å². The molecule has 1 aromatic heterocycles. The van der Waals surface area contributed by atoms with Crippen molar-refractivity contribution in [1.82, 2.24) is 19.4 Å². The maximum absolute atomic E-state index is 13.4. The van der Waals surface area contributed by atoms with E-state index in [4.69, 9.17) is 9.47 Å². The third kappa shape index (κ3) is 6.85. The fourth-order valence-corrected chi connectivity index (χ4v) is 5.97. The fraction of sp³-hybridized carbons (Fsp3) is 0.393. The minimum absolute atomic E-state index is 0.0567. The molecule has 0 unspecified atom stereocenters. The summed E-state index contributed by atoms with van der Waals surface area (Å²) in [6, 6.07) is 17.7. The fourth-order valence-electron chi connectivity index (χ4n) is 4.42. The first-order valence-corrected chi connectivity index (χ1v) is 14.3. The van der Waals surface area contributed by atoms with Gasteiger partial charge in [0.15, 0.2) is 5.82 Å². The lowest BCUT2D eigenvalue weighted by molar-refractivity contribution is -0.131. The largest absolute Gasteiger partial charge is 0.497 e. The van der Waals surface area contributed by atoms with Crippen LogP contribution in [-0.4, -0.2) is 87.2 Å². The van der Waals surface area contributed by atoms with Gasteiger partial charge in [-0.05, 0) is 54.4 Å². The van der Waals surface area contributed by atoms with Crippen LogP contribution >= 0.6 is 0 Å². The van der Waals surface area contributed by atoms with Crippen molar-refractivity contribution in [1.29, 1.82) is 0 Å². The van der Waals surface area contributed by atoms with Gasteiger partial charge >= 0.3 is 0 Å². The number of sulfonamides is 1. The zero-order valence-corrected chi connectivity index (χ0v) is 23.6. The van der Waals surface area contributed by atoms with Crippen molar-refractivity contribution >= 4 is 21.7 Å². The highest BCUT2D eigenvalue weighted by Gasteiger charge is 2.30. The average molecular weight is 554 g/mol. The normalized spacial score (nSPS) is 14.1. The van der Waals surface area contributed by atoms with E-state index >= 15 is 0 Å². The van der Waals surface area contributed by atoms with Crippen molar-refractivity contribution in [2.24, 2.45) is 5.92 Å². The minimum atomic E-state index is -3.85. The SMILES string of the molecule is COc1ccc(S(=O)(=O)N(CC(=O)N2CCN(c3ccc(-c4cccc(OC)c4)nn3)CC2)CC(C)C)cc1. The molecule has 39 heavy (non-hydrogen) atoms. The standard InChI is InChI=1S/C28H35N5O5S/c1-21(2)19-33(39(35,36)25-10-8-23(37-3)9-11-25)20-28(34)32-16-14-31(15-17-32)27-13-12-26(29-30-27)22-6-5-7-24(18-22)38-4/h5-13,18,21H,14-17,19-20H2,1-4H3. The van der Waals surface area contributed by atoms with Crippen LogP contribution in [0, 0.1) is 5.92 Å². The quantitative estimate of drug-likeness (QED) is 0.377. The summed E-state index contributed by atoms with van der Waals surface area (Å²) in [5, 5.41) is 8.78. The van der Waals surface area contributed by atoms with Crippen molar-refractivity contribution in [2.45, 2.75) is 18.7 Å². The van der Waals surface area contributed by atoms with Gasteiger partial charge in [0, 0.05) is 38.3 Å². The third-order valence-corrected chi connectivity index (χ3v) is 8.38. The van der Waals surface area contributed by atoms with Crippen molar-refractivity contribution in [2.75, 3.05) is 58.4 Å². The van der Waals surface area contributed by atoms with Crippen LogP contribution in [0.1, 0.15) is 13.8 Å². The predicted molar refractivity (Wildman–Crippen MR) is 149 cm³/mol.